The first-order valence-electron chi connectivity index (χ1n) is 8.59. The van der Waals surface area contributed by atoms with Gasteiger partial charge in [-0.05, 0) is 37.5 Å². The zero-order chi connectivity index (χ0) is 15.4. The van der Waals surface area contributed by atoms with E-state index in [0.29, 0.717) is 0 Å². The molecule has 0 radical (unpaired) electrons. The highest BCUT2D eigenvalue weighted by Crippen LogP contribution is 2.23. The second-order valence-electron chi connectivity index (χ2n) is 6.61. The van der Waals surface area contributed by atoms with Crippen LogP contribution in [0.3, 0.4) is 0 Å². The average molecular weight is 301 g/mol. The zero-order valence-electron chi connectivity index (χ0n) is 13.6. The van der Waals surface area contributed by atoms with E-state index in [2.05, 4.69) is 10.2 Å². The first-order valence-corrected chi connectivity index (χ1v) is 8.59. The fraction of sp³-hybridized carbons (Fsp3) is 0.611. The summed E-state index contributed by atoms with van der Waals surface area (Å²) in [5.41, 5.74) is 2.06. The van der Waals surface area contributed by atoms with E-state index in [9.17, 15) is 4.79 Å². The molecule has 2 aliphatic rings. The number of carbonyl (C=O) groups is 1. The van der Waals surface area contributed by atoms with Crippen molar-refractivity contribution in [3.8, 4) is 0 Å². The van der Waals surface area contributed by atoms with Gasteiger partial charge in [-0.3, -0.25) is 4.90 Å². The quantitative estimate of drug-likeness (QED) is 0.908. The number of urea groups is 1. The summed E-state index contributed by atoms with van der Waals surface area (Å²) in [5, 5.41) is 3.02. The van der Waals surface area contributed by atoms with Crippen LogP contribution >= 0.6 is 0 Å². The molecule has 2 amide bonds. The van der Waals surface area contributed by atoms with Gasteiger partial charge in [0.2, 0.25) is 0 Å². The summed E-state index contributed by atoms with van der Waals surface area (Å²) in [5.74, 6) is 0. The van der Waals surface area contributed by atoms with Gasteiger partial charge < -0.3 is 10.2 Å². The number of aryl methyl sites for hydroxylation is 1. The van der Waals surface area contributed by atoms with Crippen molar-refractivity contribution in [2.24, 2.45) is 0 Å². The Labute approximate surface area is 133 Å². The number of anilines is 1. The first-order chi connectivity index (χ1) is 10.7. The fourth-order valence-electron chi connectivity index (χ4n) is 3.66. The van der Waals surface area contributed by atoms with Crippen molar-refractivity contribution in [1.29, 1.82) is 0 Å². The predicted molar refractivity (Wildman–Crippen MR) is 90.2 cm³/mol. The molecule has 0 spiro atoms. The molecule has 0 aromatic heterocycles. The van der Waals surface area contributed by atoms with Crippen molar-refractivity contribution in [1.82, 2.24) is 9.80 Å². The van der Waals surface area contributed by atoms with Gasteiger partial charge in [-0.1, -0.05) is 31.4 Å². The molecule has 120 valence electrons. The van der Waals surface area contributed by atoms with Crippen LogP contribution in [0.15, 0.2) is 24.3 Å². The van der Waals surface area contributed by atoms with E-state index < -0.39 is 0 Å². The van der Waals surface area contributed by atoms with Gasteiger partial charge in [0.05, 0.1) is 0 Å². The van der Waals surface area contributed by atoms with Gasteiger partial charge in [0, 0.05) is 37.9 Å². The van der Waals surface area contributed by atoms with Crippen molar-refractivity contribution in [3.63, 3.8) is 0 Å². The Kier molecular flexibility index (Phi) is 4.98. The molecule has 1 N–H and O–H groups in total. The molecule has 0 bridgehead atoms. The third-order valence-electron chi connectivity index (χ3n) is 4.96. The Morgan fingerprint density at radius 1 is 1.09 bits per heavy atom. The summed E-state index contributed by atoms with van der Waals surface area (Å²) in [7, 11) is 0. The minimum Gasteiger partial charge on any atom is -0.322 e. The molecular weight excluding hydrogens is 274 g/mol. The van der Waals surface area contributed by atoms with Crippen LogP contribution in [0.2, 0.25) is 0 Å². The highest BCUT2D eigenvalue weighted by molar-refractivity contribution is 5.89. The van der Waals surface area contributed by atoms with Crippen LogP contribution in [-0.2, 0) is 0 Å². The number of nitrogens with one attached hydrogen (secondary N) is 1. The second-order valence-corrected chi connectivity index (χ2v) is 6.61. The molecule has 3 rings (SSSR count). The van der Waals surface area contributed by atoms with Gasteiger partial charge in [-0.2, -0.15) is 0 Å². The summed E-state index contributed by atoms with van der Waals surface area (Å²) < 4.78 is 0. The number of nitrogens with zero attached hydrogens (tertiary/aromatic N) is 2. The van der Waals surface area contributed by atoms with E-state index in [1.165, 1.54) is 37.7 Å². The SMILES string of the molecule is Cc1cccc(NC(=O)N2CCN(C3CCCCC3)CC2)c1. The summed E-state index contributed by atoms with van der Waals surface area (Å²) in [4.78, 5) is 16.9. The molecule has 2 fully saturated rings. The van der Waals surface area contributed by atoms with Gasteiger partial charge in [0.15, 0.2) is 0 Å². The van der Waals surface area contributed by atoms with E-state index in [0.717, 1.165) is 37.9 Å². The van der Waals surface area contributed by atoms with Crippen LogP contribution in [0.4, 0.5) is 10.5 Å². The number of hydrogen-bond acceptors (Lipinski definition) is 2. The van der Waals surface area contributed by atoms with Crippen molar-refractivity contribution >= 4 is 11.7 Å². The van der Waals surface area contributed by atoms with Crippen LogP contribution in [0.5, 0.6) is 0 Å². The second kappa shape index (κ2) is 7.14. The number of hydrogen-bond donors (Lipinski definition) is 1. The smallest absolute Gasteiger partial charge is 0.321 e. The Hall–Kier alpha value is -1.55. The van der Waals surface area contributed by atoms with Crippen molar-refractivity contribution in [3.05, 3.63) is 29.8 Å². The summed E-state index contributed by atoms with van der Waals surface area (Å²) in [6.07, 6.45) is 6.83. The average Bonchev–Trinajstić information content (AvgIpc) is 2.56. The zero-order valence-corrected chi connectivity index (χ0v) is 13.6. The molecule has 22 heavy (non-hydrogen) atoms. The highest BCUT2D eigenvalue weighted by atomic mass is 16.2. The van der Waals surface area contributed by atoms with E-state index >= 15 is 0 Å². The lowest BCUT2D eigenvalue weighted by Crippen LogP contribution is -2.53. The topological polar surface area (TPSA) is 35.6 Å². The van der Waals surface area contributed by atoms with Crippen molar-refractivity contribution in [2.75, 3.05) is 31.5 Å². The van der Waals surface area contributed by atoms with Crippen LogP contribution in [0.1, 0.15) is 37.7 Å². The van der Waals surface area contributed by atoms with Crippen LogP contribution in [-0.4, -0.2) is 48.1 Å². The standard InChI is InChI=1S/C18H27N3O/c1-15-6-5-7-16(14-15)19-18(22)21-12-10-20(11-13-21)17-8-3-2-4-9-17/h5-7,14,17H,2-4,8-13H2,1H3,(H,19,22). The van der Waals surface area contributed by atoms with Crippen molar-refractivity contribution in [2.45, 2.75) is 45.1 Å². The summed E-state index contributed by atoms with van der Waals surface area (Å²) >= 11 is 0. The monoisotopic (exact) mass is 301 g/mol. The number of carbonyl (C=O) groups excluding carboxylic acids is 1. The maximum Gasteiger partial charge on any atom is 0.321 e. The molecule has 1 aliphatic carbocycles. The molecule has 4 heteroatoms. The van der Waals surface area contributed by atoms with Gasteiger partial charge in [0.1, 0.15) is 0 Å². The summed E-state index contributed by atoms with van der Waals surface area (Å²) in [6.45, 7) is 5.76. The van der Waals surface area contributed by atoms with E-state index in [1.54, 1.807) is 0 Å². The lowest BCUT2D eigenvalue weighted by molar-refractivity contribution is 0.0943. The minimum atomic E-state index is 0.0360. The molecule has 1 saturated carbocycles. The lowest BCUT2D eigenvalue weighted by atomic mass is 9.94. The Bertz CT molecular complexity index is 503. The molecular formula is C18H27N3O. The predicted octanol–water partition coefficient (Wildman–Crippen LogP) is 3.48. The molecule has 1 heterocycles. The van der Waals surface area contributed by atoms with E-state index in [1.807, 2.05) is 36.1 Å². The minimum absolute atomic E-state index is 0.0360. The maximum absolute atomic E-state index is 12.4. The van der Waals surface area contributed by atoms with Crippen molar-refractivity contribution < 1.29 is 4.79 Å². The number of benzene rings is 1. The van der Waals surface area contributed by atoms with Crippen LogP contribution < -0.4 is 5.32 Å². The lowest BCUT2D eigenvalue weighted by Gasteiger charge is -2.40. The largest absolute Gasteiger partial charge is 0.322 e. The van der Waals surface area contributed by atoms with Gasteiger partial charge in [0.25, 0.3) is 0 Å². The van der Waals surface area contributed by atoms with Gasteiger partial charge >= 0.3 is 6.03 Å². The Balaban J connectivity index is 1.49. The Morgan fingerprint density at radius 2 is 1.82 bits per heavy atom. The van der Waals surface area contributed by atoms with Gasteiger partial charge in [-0.25, -0.2) is 4.79 Å². The molecule has 1 aliphatic heterocycles. The first kappa shape index (κ1) is 15.3. The number of piperazine rings is 1. The molecule has 4 nitrogen and oxygen atoms in total. The number of amides is 2. The van der Waals surface area contributed by atoms with Gasteiger partial charge in [-0.15, -0.1) is 0 Å². The van der Waals surface area contributed by atoms with E-state index in [-0.39, 0.29) is 6.03 Å². The van der Waals surface area contributed by atoms with Crippen LogP contribution in [0, 0.1) is 6.92 Å². The molecule has 1 aromatic rings. The van der Waals surface area contributed by atoms with Crippen LogP contribution in [0.25, 0.3) is 0 Å². The molecule has 1 saturated heterocycles. The molecule has 0 atom stereocenters. The normalized spacial score (nSPS) is 20.9. The Morgan fingerprint density at radius 3 is 2.50 bits per heavy atom. The summed E-state index contributed by atoms with van der Waals surface area (Å²) in [6, 6.07) is 8.77. The number of rotatable bonds is 2. The maximum atomic E-state index is 12.4. The fourth-order valence-corrected chi connectivity index (χ4v) is 3.66. The van der Waals surface area contributed by atoms with E-state index in [4.69, 9.17) is 0 Å². The molecule has 1 aromatic carbocycles. The highest BCUT2D eigenvalue weighted by Gasteiger charge is 2.26. The third-order valence-corrected chi connectivity index (χ3v) is 4.96. The molecule has 0 unspecified atom stereocenters. The third kappa shape index (κ3) is 3.80.